The minimum atomic E-state index is -3.40. The molecule has 18 heavy (non-hydrogen) atoms. The molecule has 0 saturated carbocycles. The van der Waals surface area contributed by atoms with E-state index in [2.05, 4.69) is 15.9 Å². The smallest absolute Gasteiger partial charge is 0.243 e. The van der Waals surface area contributed by atoms with E-state index >= 15 is 0 Å². The number of nitrogens with zero attached hydrogens (tertiary/aromatic N) is 1. The Hall–Kier alpha value is -0.100. The maximum absolute atomic E-state index is 12.5. The second-order valence-electron chi connectivity index (χ2n) is 5.44. The van der Waals surface area contributed by atoms with Gasteiger partial charge in [0.1, 0.15) is 4.75 Å². The molecule has 1 atom stereocenters. The van der Waals surface area contributed by atoms with Crippen molar-refractivity contribution in [2.24, 2.45) is 0 Å². The van der Waals surface area contributed by atoms with Gasteiger partial charge in [-0.2, -0.15) is 0 Å². The van der Waals surface area contributed by atoms with Crippen LogP contribution in [0.15, 0.2) is 0 Å². The summed E-state index contributed by atoms with van der Waals surface area (Å²) in [4.78, 5) is 14.3. The van der Waals surface area contributed by atoms with Crippen LogP contribution in [0.2, 0.25) is 0 Å². The van der Waals surface area contributed by atoms with Crippen LogP contribution in [-0.4, -0.2) is 48.1 Å². The second kappa shape index (κ2) is 5.90. The summed E-state index contributed by atoms with van der Waals surface area (Å²) in [5, 5.41) is 0.707. The highest BCUT2D eigenvalue weighted by Gasteiger charge is 2.43. The maximum Gasteiger partial charge on any atom is 0.243 e. The first kappa shape index (κ1) is 16.0. The van der Waals surface area contributed by atoms with Crippen molar-refractivity contribution in [1.29, 1.82) is 0 Å². The van der Waals surface area contributed by atoms with Gasteiger partial charge in [0.15, 0.2) is 9.84 Å². The Labute approximate surface area is 118 Å². The average molecular weight is 340 g/mol. The van der Waals surface area contributed by atoms with Crippen LogP contribution in [0.25, 0.3) is 0 Å². The van der Waals surface area contributed by atoms with Crippen LogP contribution in [0.3, 0.4) is 0 Å². The van der Waals surface area contributed by atoms with Gasteiger partial charge in [0.25, 0.3) is 0 Å². The summed E-state index contributed by atoms with van der Waals surface area (Å²) in [7, 11) is -3.40. The molecule has 1 aliphatic rings. The van der Waals surface area contributed by atoms with E-state index in [1.54, 1.807) is 4.90 Å². The number of hydrogen-bond donors (Lipinski definition) is 0. The predicted octanol–water partition coefficient (Wildman–Crippen LogP) is 1.98. The summed E-state index contributed by atoms with van der Waals surface area (Å²) in [6, 6.07) is 0.112. The molecule has 0 aromatic rings. The Morgan fingerprint density at radius 2 is 1.94 bits per heavy atom. The Kier molecular flexibility index (Phi) is 5.23. The van der Waals surface area contributed by atoms with Gasteiger partial charge in [-0.1, -0.05) is 28.8 Å². The fraction of sp³-hybridized carbons (Fsp3) is 0.917. The highest BCUT2D eigenvalue weighted by Crippen LogP contribution is 2.25. The van der Waals surface area contributed by atoms with E-state index in [1.807, 2.05) is 0 Å². The number of alkyl halides is 1. The summed E-state index contributed by atoms with van der Waals surface area (Å²) in [6.07, 6.45) is 5.23. The molecule has 1 saturated heterocycles. The van der Waals surface area contributed by atoms with E-state index in [9.17, 15) is 13.2 Å². The van der Waals surface area contributed by atoms with Crippen molar-refractivity contribution < 1.29 is 13.2 Å². The van der Waals surface area contributed by atoms with Crippen molar-refractivity contribution in [3.63, 3.8) is 0 Å². The molecule has 106 valence electrons. The van der Waals surface area contributed by atoms with E-state index < -0.39 is 14.6 Å². The molecule has 0 bridgehead atoms. The Morgan fingerprint density at radius 3 is 2.44 bits per heavy atom. The first-order valence-electron chi connectivity index (χ1n) is 6.28. The molecule has 1 heterocycles. The third kappa shape index (κ3) is 3.26. The van der Waals surface area contributed by atoms with Crippen LogP contribution in [0.5, 0.6) is 0 Å². The molecular formula is C12H22BrNO3S. The van der Waals surface area contributed by atoms with Gasteiger partial charge in [0, 0.05) is 24.2 Å². The first-order valence-corrected chi connectivity index (χ1v) is 9.29. The Morgan fingerprint density at radius 1 is 1.33 bits per heavy atom. The van der Waals surface area contributed by atoms with Gasteiger partial charge in [-0.3, -0.25) is 4.79 Å². The van der Waals surface area contributed by atoms with Crippen LogP contribution >= 0.6 is 15.9 Å². The van der Waals surface area contributed by atoms with Gasteiger partial charge < -0.3 is 4.90 Å². The predicted molar refractivity (Wildman–Crippen MR) is 76.7 cm³/mol. The molecule has 0 spiro atoms. The second-order valence-corrected chi connectivity index (χ2v) is 8.65. The van der Waals surface area contributed by atoms with Crippen LogP contribution < -0.4 is 0 Å². The van der Waals surface area contributed by atoms with E-state index in [0.717, 1.165) is 31.9 Å². The minimum Gasteiger partial charge on any atom is -0.338 e. The van der Waals surface area contributed by atoms with Crippen molar-refractivity contribution in [2.45, 2.75) is 50.3 Å². The normalized spacial score (nSPS) is 22.7. The molecule has 1 unspecified atom stereocenters. The number of rotatable bonds is 3. The quantitative estimate of drug-likeness (QED) is 0.738. The monoisotopic (exact) mass is 339 g/mol. The number of likely N-dealkylation sites (tertiary alicyclic amines) is 1. The zero-order valence-corrected chi connectivity index (χ0v) is 13.7. The summed E-state index contributed by atoms with van der Waals surface area (Å²) in [5.41, 5.74) is 0. The minimum absolute atomic E-state index is 0.112. The SMILES string of the molecule is CC(C)(C(=O)N1CCCCCC1CBr)S(C)(=O)=O. The number of halogens is 1. The summed E-state index contributed by atoms with van der Waals surface area (Å²) in [5.74, 6) is -0.267. The molecule has 1 rings (SSSR count). The lowest BCUT2D eigenvalue weighted by atomic mass is 10.1. The number of sulfone groups is 1. The van der Waals surface area contributed by atoms with Crippen molar-refractivity contribution >= 4 is 31.7 Å². The van der Waals surface area contributed by atoms with E-state index in [0.29, 0.717) is 11.9 Å². The molecule has 1 aliphatic heterocycles. The molecule has 6 heteroatoms. The molecular weight excluding hydrogens is 318 g/mol. The van der Waals surface area contributed by atoms with Gasteiger partial charge in [-0.05, 0) is 26.7 Å². The highest BCUT2D eigenvalue weighted by molar-refractivity contribution is 9.09. The van der Waals surface area contributed by atoms with Gasteiger partial charge in [-0.15, -0.1) is 0 Å². The molecule has 1 amide bonds. The molecule has 0 aromatic carbocycles. The van der Waals surface area contributed by atoms with Crippen molar-refractivity contribution in [3.8, 4) is 0 Å². The Bertz CT molecular complexity index is 406. The molecule has 0 radical (unpaired) electrons. The fourth-order valence-electron chi connectivity index (χ4n) is 2.11. The number of carbonyl (C=O) groups excluding carboxylic acids is 1. The highest BCUT2D eigenvalue weighted by atomic mass is 79.9. The number of carbonyl (C=O) groups is 1. The largest absolute Gasteiger partial charge is 0.338 e. The van der Waals surface area contributed by atoms with Gasteiger partial charge in [0.05, 0.1) is 0 Å². The fourth-order valence-corrected chi connectivity index (χ4v) is 3.22. The third-order valence-corrected chi connectivity index (χ3v) is 6.53. The van der Waals surface area contributed by atoms with Crippen molar-refractivity contribution in [1.82, 2.24) is 4.90 Å². The van der Waals surface area contributed by atoms with Crippen LogP contribution in [0.4, 0.5) is 0 Å². The molecule has 0 aromatic heterocycles. The van der Waals surface area contributed by atoms with Crippen molar-refractivity contribution in [3.05, 3.63) is 0 Å². The molecule has 0 N–H and O–H groups in total. The number of hydrogen-bond acceptors (Lipinski definition) is 3. The van der Waals surface area contributed by atoms with E-state index in [4.69, 9.17) is 0 Å². The van der Waals surface area contributed by atoms with Gasteiger partial charge in [-0.25, -0.2) is 8.42 Å². The van der Waals surface area contributed by atoms with Crippen molar-refractivity contribution in [2.75, 3.05) is 18.1 Å². The van der Waals surface area contributed by atoms with Crippen LogP contribution in [-0.2, 0) is 14.6 Å². The molecule has 0 aliphatic carbocycles. The average Bonchev–Trinajstić information content (AvgIpc) is 2.50. The van der Waals surface area contributed by atoms with Crippen LogP contribution in [0, 0.1) is 0 Å². The summed E-state index contributed by atoms with van der Waals surface area (Å²) < 4.78 is 22.2. The van der Waals surface area contributed by atoms with Crippen LogP contribution in [0.1, 0.15) is 39.5 Å². The van der Waals surface area contributed by atoms with E-state index in [1.165, 1.54) is 13.8 Å². The third-order valence-electron chi connectivity index (χ3n) is 3.76. The lowest BCUT2D eigenvalue weighted by Crippen LogP contribution is -2.53. The zero-order chi connectivity index (χ0) is 14.0. The zero-order valence-electron chi connectivity index (χ0n) is 11.3. The lowest BCUT2D eigenvalue weighted by molar-refractivity contribution is -0.135. The topological polar surface area (TPSA) is 54.5 Å². The number of amides is 1. The Balaban J connectivity index is 2.99. The first-order chi connectivity index (χ1) is 8.21. The lowest BCUT2D eigenvalue weighted by Gasteiger charge is -2.34. The molecule has 1 fully saturated rings. The summed E-state index contributed by atoms with van der Waals surface area (Å²) >= 11 is 3.43. The van der Waals surface area contributed by atoms with Gasteiger partial charge in [0.2, 0.25) is 5.91 Å². The molecule has 4 nitrogen and oxygen atoms in total. The summed E-state index contributed by atoms with van der Waals surface area (Å²) in [6.45, 7) is 3.66. The maximum atomic E-state index is 12.5. The van der Waals surface area contributed by atoms with E-state index in [-0.39, 0.29) is 11.9 Å². The van der Waals surface area contributed by atoms with Gasteiger partial charge >= 0.3 is 0 Å². The standard InChI is InChI=1S/C12H22BrNO3S/c1-12(2,18(3,16)17)11(15)14-8-6-4-5-7-10(14)9-13/h10H,4-9H2,1-3H3.